The molecule has 0 aromatic carbocycles. The van der Waals surface area contributed by atoms with Crippen molar-refractivity contribution in [2.45, 2.75) is 52.1 Å². The molecule has 0 saturated heterocycles. The summed E-state index contributed by atoms with van der Waals surface area (Å²) < 4.78 is 2.27. The van der Waals surface area contributed by atoms with Crippen LogP contribution in [0.5, 0.6) is 0 Å². The van der Waals surface area contributed by atoms with E-state index < -0.39 is 0 Å². The van der Waals surface area contributed by atoms with Crippen molar-refractivity contribution in [3.05, 3.63) is 17.7 Å². The number of aromatic nitrogens is 2. The summed E-state index contributed by atoms with van der Waals surface area (Å²) in [5, 5.41) is 0. The maximum Gasteiger partial charge on any atom is 0.0954 e. The SMILES string of the molecule is Cc1ncn(C2CC(C)CCC2N)c1C. The van der Waals surface area contributed by atoms with Crippen LogP contribution in [0.4, 0.5) is 0 Å². The van der Waals surface area contributed by atoms with Crippen LogP contribution in [-0.2, 0) is 0 Å². The van der Waals surface area contributed by atoms with Gasteiger partial charge in [0.25, 0.3) is 0 Å². The molecule has 3 nitrogen and oxygen atoms in total. The molecule has 3 heteroatoms. The monoisotopic (exact) mass is 207 g/mol. The van der Waals surface area contributed by atoms with Gasteiger partial charge < -0.3 is 10.3 Å². The highest BCUT2D eigenvalue weighted by atomic mass is 15.1. The smallest absolute Gasteiger partial charge is 0.0954 e. The molecule has 0 amide bonds. The van der Waals surface area contributed by atoms with Gasteiger partial charge in [-0.25, -0.2) is 4.98 Å². The van der Waals surface area contributed by atoms with Crippen LogP contribution in [0.2, 0.25) is 0 Å². The molecule has 0 bridgehead atoms. The zero-order valence-corrected chi connectivity index (χ0v) is 9.90. The van der Waals surface area contributed by atoms with E-state index in [2.05, 4.69) is 30.3 Å². The van der Waals surface area contributed by atoms with Crippen LogP contribution in [0.1, 0.15) is 43.6 Å². The second-order valence-electron chi connectivity index (χ2n) is 4.97. The van der Waals surface area contributed by atoms with Gasteiger partial charge in [0.1, 0.15) is 0 Å². The molecular weight excluding hydrogens is 186 g/mol. The van der Waals surface area contributed by atoms with Gasteiger partial charge in [-0.2, -0.15) is 0 Å². The minimum Gasteiger partial charge on any atom is -0.330 e. The molecule has 2 N–H and O–H groups in total. The molecule has 1 aromatic heterocycles. The highest BCUT2D eigenvalue weighted by Crippen LogP contribution is 2.32. The predicted molar refractivity (Wildman–Crippen MR) is 61.7 cm³/mol. The maximum absolute atomic E-state index is 6.20. The van der Waals surface area contributed by atoms with Gasteiger partial charge in [0, 0.05) is 11.7 Å². The molecule has 0 spiro atoms. The van der Waals surface area contributed by atoms with E-state index >= 15 is 0 Å². The molecule has 1 heterocycles. The Morgan fingerprint density at radius 3 is 2.73 bits per heavy atom. The summed E-state index contributed by atoms with van der Waals surface area (Å²) in [5.74, 6) is 0.789. The Hall–Kier alpha value is -0.830. The third-order valence-electron chi connectivity index (χ3n) is 3.77. The van der Waals surface area contributed by atoms with Crippen LogP contribution >= 0.6 is 0 Å². The van der Waals surface area contributed by atoms with Gasteiger partial charge in [-0.15, -0.1) is 0 Å². The Morgan fingerprint density at radius 2 is 2.13 bits per heavy atom. The van der Waals surface area contributed by atoms with Crippen LogP contribution in [0, 0.1) is 19.8 Å². The van der Waals surface area contributed by atoms with E-state index in [1.807, 2.05) is 6.33 Å². The Labute approximate surface area is 91.7 Å². The summed E-state index contributed by atoms with van der Waals surface area (Å²) in [6.45, 7) is 6.51. The van der Waals surface area contributed by atoms with Crippen molar-refractivity contribution in [3.8, 4) is 0 Å². The Bertz CT molecular complexity index is 343. The van der Waals surface area contributed by atoms with Crippen LogP contribution in [0.25, 0.3) is 0 Å². The van der Waals surface area contributed by atoms with Crippen LogP contribution in [0.3, 0.4) is 0 Å². The fraction of sp³-hybridized carbons (Fsp3) is 0.750. The average Bonchev–Trinajstić information content (AvgIpc) is 2.52. The molecule has 3 atom stereocenters. The van der Waals surface area contributed by atoms with Gasteiger partial charge in [0.05, 0.1) is 18.1 Å². The van der Waals surface area contributed by atoms with E-state index in [0.717, 1.165) is 18.0 Å². The lowest BCUT2D eigenvalue weighted by Gasteiger charge is -2.34. The van der Waals surface area contributed by atoms with Crippen molar-refractivity contribution in [3.63, 3.8) is 0 Å². The van der Waals surface area contributed by atoms with Crippen molar-refractivity contribution in [2.24, 2.45) is 11.7 Å². The summed E-state index contributed by atoms with van der Waals surface area (Å²) in [7, 11) is 0. The highest BCUT2D eigenvalue weighted by Gasteiger charge is 2.28. The zero-order valence-electron chi connectivity index (χ0n) is 9.90. The molecule has 84 valence electrons. The predicted octanol–water partition coefficient (Wildman–Crippen LogP) is 2.19. The number of aryl methyl sites for hydroxylation is 1. The molecule has 1 aliphatic carbocycles. The number of hydrogen-bond donors (Lipinski definition) is 1. The quantitative estimate of drug-likeness (QED) is 0.767. The summed E-state index contributed by atoms with van der Waals surface area (Å²) in [5.41, 5.74) is 8.60. The number of nitrogens with zero attached hydrogens (tertiary/aromatic N) is 2. The minimum atomic E-state index is 0.300. The highest BCUT2D eigenvalue weighted by molar-refractivity contribution is 5.11. The van der Waals surface area contributed by atoms with Crippen LogP contribution in [-0.4, -0.2) is 15.6 Å². The summed E-state index contributed by atoms with van der Waals surface area (Å²) in [6.07, 6.45) is 5.55. The first-order valence-electron chi connectivity index (χ1n) is 5.85. The van der Waals surface area contributed by atoms with E-state index in [4.69, 9.17) is 5.73 Å². The molecule has 1 aromatic rings. The van der Waals surface area contributed by atoms with Crippen LogP contribution in [0.15, 0.2) is 6.33 Å². The van der Waals surface area contributed by atoms with Crippen LogP contribution < -0.4 is 5.73 Å². The number of nitrogens with two attached hydrogens (primary N) is 1. The molecule has 0 radical (unpaired) electrons. The lowest BCUT2D eigenvalue weighted by Crippen LogP contribution is -2.37. The third kappa shape index (κ3) is 1.93. The molecule has 1 fully saturated rings. The van der Waals surface area contributed by atoms with Gasteiger partial charge in [-0.3, -0.25) is 0 Å². The minimum absolute atomic E-state index is 0.300. The largest absolute Gasteiger partial charge is 0.330 e. The summed E-state index contributed by atoms with van der Waals surface area (Å²) >= 11 is 0. The van der Waals surface area contributed by atoms with E-state index in [0.29, 0.717) is 12.1 Å². The number of hydrogen-bond acceptors (Lipinski definition) is 2. The standard InChI is InChI=1S/C12H21N3/c1-8-4-5-11(13)12(6-8)15-7-14-9(2)10(15)3/h7-8,11-12H,4-6,13H2,1-3H3. The topological polar surface area (TPSA) is 43.8 Å². The number of rotatable bonds is 1. The van der Waals surface area contributed by atoms with Crippen molar-refractivity contribution in [1.82, 2.24) is 9.55 Å². The second kappa shape index (κ2) is 3.97. The first-order chi connectivity index (χ1) is 7.09. The maximum atomic E-state index is 6.20. The summed E-state index contributed by atoms with van der Waals surface area (Å²) in [4.78, 5) is 4.36. The molecule has 1 saturated carbocycles. The normalized spacial score (nSPS) is 31.9. The second-order valence-corrected chi connectivity index (χ2v) is 4.97. The van der Waals surface area contributed by atoms with E-state index in [9.17, 15) is 0 Å². The number of imidazole rings is 1. The third-order valence-corrected chi connectivity index (χ3v) is 3.77. The lowest BCUT2D eigenvalue weighted by molar-refractivity contribution is 0.244. The van der Waals surface area contributed by atoms with E-state index in [1.54, 1.807) is 0 Å². The first kappa shape index (κ1) is 10.7. The molecule has 1 aliphatic rings. The fourth-order valence-electron chi connectivity index (χ4n) is 2.54. The first-order valence-corrected chi connectivity index (χ1v) is 5.85. The zero-order chi connectivity index (χ0) is 11.0. The summed E-state index contributed by atoms with van der Waals surface area (Å²) in [6, 6.07) is 0.753. The van der Waals surface area contributed by atoms with Crippen molar-refractivity contribution in [1.29, 1.82) is 0 Å². The Balaban J connectivity index is 2.25. The molecule has 0 aliphatic heterocycles. The Morgan fingerprint density at radius 1 is 1.40 bits per heavy atom. The van der Waals surface area contributed by atoms with Gasteiger partial charge >= 0.3 is 0 Å². The van der Waals surface area contributed by atoms with Gasteiger partial charge in [0.15, 0.2) is 0 Å². The molecule has 3 unspecified atom stereocenters. The van der Waals surface area contributed by atoms with Crippen molar-refractivity contribution < 1.29 is 0 Å². The lowest BCUT2D eigenvalue weighted by atomic mass is 9.83. The van der Waals surface area contributed by atoms with Gasteiger partial charge in [0.2, 0.25) is 0 Å². The van der Waals surface area contributed by atoms with Gasteiger partial charge in [-0.05, 0) is 39.0 Å². The molecular formula is C12H21N3. The average molecular weight is 207 g/mol. The van der Waals surface area contributed by atoms with Gasteiger partial charge in [-0.1, -0.05) is 6.92 Å². The Kier molecular flexibility index (Phi) is 2.83. The van der Waals surface area contributed by atoms with E-state index in [-0.39, 0.29) is 0 Å². The fourth-order valence-corrected chi connectivity index (χ4v) is 2.54. The van der Waals surface area contributed by atoms with E-state index in [1.165, 1.54) is 18.5 Å². The molecule has 15 heavy (non-hydrogen) atoms. The van der Waals surface area contributed by atoms with Crippen molar-refractivity contribution in [2.75, 3.05) is 0 Å². The molecule has 2 rings (SSSR count). The van der Waals surface area contributed by atoms with Crippen molar-refractivity contribution >= 4 is 0 Å².